The van der Waals surface area contributed by atoms with Gasteiger partial charge in [-0.15, -0.1) is 11.3 Å². The van der Waals surface area contributed by atoms with Crippen LogP contribution in [0.25, 0.3) is 0 Å². The normalized spacial score (nSPS) is 15.1. The number of hydrogen-bond acceptors (Lipinski definition) is 5. The van der Waals surface area contributed by atoms with Gasteiger partial charge < -0.3 is 10.2 Å². The summed E-state index contributed by atoms with van der Waals surface area (Å²) in [5.74, 6) is 0.00459. The van der Waals surface area contributed by atoms with E-state index < -0.39 is 0 Å². The lowest BCUT2D eigenvalue weighted by atomic mass is 9.93. The number of carbonyl (C=O) groups is 2. The van der Waals surface area contributed by atoms with E-state index in [1.807, 2.05) is 31.0 Å². The highest BCUT2D eigenvalue weighted by atomic mass is 32.1. The van der Waals surface area contributed by atoms with Crippen molar-refractivity contribution in [3.05, 3.63) is 67.4 Å². The molecule has 0 radical (unpaired) electrons. The number of pyridine rings is 1. The molecule has 2 amide bonds. The molecule has 0 unspecified atom stereocenters. The van der Waals surface area contributed by atoms with Crippen molar-refractivity contribution in [2.24, 2.45) is 7.05 Å². The number of aryl methyl sites for hydroxylation is 4. The second kappa shape index (κ2) is 9.33. The van der Waals surface area contributed by atoms with Crippen molar-refractivity contribution < 1.29 is 9.59 Å². The molecule has 5 rings (SSSR count). The number of nitrogens with one attached hydrogen (secondary N) is 1. The van der Waals surface area contributed by atoms with Crippen LogP contribution < -0.4 is 5.32 Å². The molecule has 0 atom stereocenters. The van der Waals surface area contributed by atoms with Crippen LogP contribution in [0, 0.1) is 6.92 Å². The molecule has 4 heterocycles. The predicted octanol–water partition coefficient (Wildman–Crippen LogP) is 3.75. The molecule has 1 N–H and O–H groups in total. The quantitative estimate of drug-likeness (QED) is 0.607. The molecule has 3 aromatic heterocycles. The molecule has 0 bridgehead atoms. The maximum Gasteiger partial charge on any atom is 0.269 e. The zero-order chi connectivity index (χ0) is 23.8. The van der Waals surface area contributed by atoms with Crippen LogP contribution in [-0.4, -0.2) is 38.0 Å². The average molecular weight is 478 g/mol. The minimum Gasteiger partial charge on any atom is -0.347 e. The first kappa shape index (κ1) is 22.8. The lowest BCUT2D eigenvalue weighted by Crippen LogP contribution is -2.37. The fourth-order valence-corrected chi connectivity index (χ4v) is 6.26. The van der Waals surface area contributed by atoms with Gasteiger partial charge in [0.15, 0.2) is 0 Å². The highest BCUT2D eigenvalue weighted by Crippen LogP contribution is 2.32. The number of hydrogen-bond donors (Lipinski definition) is 1. The minimum atomic E-state index is -0.137. The fraction of sp³-hybridized carbons (Fsp3) is 0.462. The van der Waals surface area contributed by atoms with E-state index in [1.54, 1.807) is 23.1 Å². The largest absolute Gasteiger partial charge is 0.347 e. The molecular formula is C26H31N5O2S. The van der Waals surface area contributed by atoms with Gasteiger partial charge in [-0.3, -0.25) is 19.3 Å². The van der Waals surface area contributed by atoms with Gasteiger partial charge in [-0.1, -0.05) is 6.92 Å². The number of rotatable bonds is 5. The Morgan fingerprint density at radius 1 is 1.18 bits per heavy atom. The van der Waals surface area contributed by atoms with Crippen molar-refractivity contribution in [1.82, 2.24) is 25.0 Å². The van der Waals surface area contributed by atoms with Gasteiger partial charge in [0.25, 0.3) is 11.8 Å². The molecule has 0 fully saturated rings. The lowest BCUT2D eigenvalue weighted by molar-refractivity contribution is 0.0733. The van der Waals surface area contributed by atoms with Gasteiger partial charge >= 0.3 is 0 Å². The zero-order valence-electron chi connectivity index (χ0n) is 20.1. The van der Waals surface area contributed by atoms with Crippen LogP contribution in [-0.2, 0) is 45.8 Å². The number of fused-ring (bicyclic) bond motifs is 2. The third kappa shape index (κ3) is 4.15. The lowest BCUT2D eigenvalue weighted by Gasteiger charge is -2.31. The highest BCUT2D eigenvalue weighted by Gasteiger charge is 2.28. The molecule has 0 saturated heterocycles. The molecule has 2 aliphatic rings. The molecule has 3 aromatic rings. The van der Waals surface area contributed by atoms with Crippen LogP contribution >= 0.6 is 11.3 Å². The Hall–Kier alpha value is -3.00. The summed E-state index contributed by atoms with van der Waals surface area (Å²) in [6.07, 6.45) is 7.98. The predicted molar refractivity (Wildman–Crippen MR) is 132 cm³/mol. The molecule has 8 heteroatoms. The Kier molecular flexibility index (Phi) is 6.25. The number of nitrogens with zero attached hydrogens (tertiary/aromatic N) is 4. The summed E-state index contributed by atoms with van der Waals surface area (Å²) in [5, 5.41) is 9.49. The van der Waals surface area contributed by atoms with E-state index >= 15 is 0 Å². The summed E-state index contributed by atoms with van der Waals surface area (Å²) >= 11 is 1.74. The Morgan fingerprint density at radius 2 is 2.00 bits per heavy atom. The summed E-state index contributed by atoms with van der Waals surface area (Å²) in [4.78, 5) is 34.1. The van der Waals surface area contributed by atoms with Crippen molar-refractivity contribution in [3.63, 3.8) is 0 Å². The second-order valence-corrected chi connectivity index (χ2v) is 10.2. The minimum absolute atomic E-state index is 0.137. The van der Waals surface area contributed by atoms with Gasteiger partial charge in [-0.2, -0.15) is 5.10 Å². The monoisotopic (exact) mass is 477 g/mol. The average Bonchev–Trinajstić information content (AvgIpc) is 3.46. The summed E-state index contributed by atoms with van der Waals surface area (Å²) in [7, 11) is 1.79. The van der Waals surface area contributed by atoms with E-state index in [0.29, 0.717) is 25.3 Å². The van der Waals surface area contributed by atoms with Crippen LogP contribution in [0.5, 0.6) is 0 Å². The molecule has 178 valence electrons. The van der Waals surface area contributed by atoms with E-state index in [-0.39, 0.29) is 11.8 Å². The van der Waals surface area contributed by atoms with Crippen LogP contribution in [0.2, 0.25) is 0 Å². The molecule has 1 aliphatic heterocycles. The van der Waals surface area contributed by atoms with Crippen LogP contribution in [0.4, 0.5) is 0 Å². The first-order chi connectivity index (χ1) is 16.5. The zero-order valence-corrected chi connectivity index (χ0v) is 20.9. The molecule has 7 nitrogen and oxygen atoms in total. The Bertz CT molecular complexity index is 1260. The van der Waals surface area contributed by atoms with E-state index in [2.05, 4.69) is 20.8 Å². The van der Waals surface area contributed by atoms with Crippen molar-refractivity contribution in [2.45, 2.75) is 65.5 Å². The summed E-state index contributed by atoms with van der Waals surface area (Å²) in [6.45, 7) is 5.67. The Morgan fingerprint density at radius 3 is 2.79 bits per heavy atom. The maximum atomic E-state index is 13.4. The summed E-state index contributed by atoms with van der Waals surface area (Å²) in [6, 6.07) is 1.84. The van der Waals surface area contributed by atoms with Crippen molar-refractivity contribution in [1.29, 1.82) is 0 Å². The van der Waals surface area contributed by atoms with Crippen molar-refractivity contribution >= 4 is 23.2 Å². The van der Waals surface area contributed by atoms with Crippen molar-refractivity contribution in [2.75, 3.05) is 6.54 Å². The SMILES string of the molecule is CCc1cc(C(=O)NCc2c(C)ncc3c2CCN(C(=O)c2csc4c2CCCC4)C3)n(C)n1. The Labute approximate surface area is 204 Å². The fourth-order valence-electron chi connectivity index (χ4n) is 5.14. The smallest absolute Gasteiger partial charge is 0.269 e. The van der Waals surface area contributed by atoms with Crippen LogP contribution in [0.3, 0.4) is 0 Å². The van der Waals surface area contributed by atoms with Gasteiger partial charge in [0.05, 0.1) is 11.3 Å². The van der Waals surface area contributed by atoms with Gasteiger partial charge in [0.2, 0.25) is 0 Å². The Balaban J connectivity index is 1.32. The van der Waals surface area contributed by atoms with Gasteiger partial charge in [0, 0.05) is 48.8 Å². The summed E-state index contributed by atoms with van der Waals surface area (Å²) < 4.78 is 1.63. The topological polar surface area (TPSA) is 80.1 Å². The van der Waals surface area contributed by atoms with Gasteiger partial charge in [-0.25, -0.2) is 0 Å². The van der Waals surface area contributed by atoms with Gasteiger partial charge in [-0.05, 0) is 73.8 Å². The highest BCUT2D eigenvalue weighted by molar-refractivity contribution is 7.10. The maximum absolute atomic E-state index is 13.4. The molecule has 0 aromatic carbocycles. The summed E-state index contributed by atoms with van der Waals surface area (Å²) in [5.41, 5.74) is 7.91. The molecular weight excluding hydrogens is 446 g/mol. The third-order valence-corrected chi connectivity index (χ3v) is 8.21. The number of amides is 2. The number of thiophene rings is 1. The number of aromatic nitrogens is 3. The van der Waals surface area contributed by atoms with E-state index in [4.69, 9.17) is 0 Å². The standard InChI is InChI=1S/C26H31N5O2S/c1-4-18-11-23(30(3)29-18)25(32)28-13-21-16(2)27-12-17-14-31(10-9-19(17)21)26(33)22-15-34-24-8-6-5-7-20(22)24/h11-12,15H,4-10,13-14H2,1-3H3,(H,28,32). The van der Waals surface area contributed by atoms with Crippen LogP contribution in [0.15, 0.2) is 17.6 Å². The van der Waals surface area contributed by atoms with E-state index in [1.165, 1.54) is 28.8 Å². The first-order valence-corrected chi connectivity index (χ1v) is 13.0. The molecule has 34 heavy (non-hydrogen) atoms. The van der Waals surface area contributed by atoms with Crippen LogP contribution in [0.1, 0.15) is 79.1 Å². The van der Waals surface area contributed by atoms with E-state index in [9.17, 15) is 9.59 Å². The molecule has 0 spiro atoms. The first-order valence-electron chi connectivity index (χ1n) is 12.1. The number of carbonyl (C=O) groups excluding carboxylic acids is 2. The van der Waals surface area contributed by atoms with Crippen molar-refractivity contribution in [3.8, 4) is 0 Å². The third-order valence-electron chi connectivity index (χ3n) is 7.13. The molecule has 0 saturated carbocycles. The van der Waals surface area contributed by atoms with Gasteiger partial charge in [0.1, 0.15) is 5.69 Å². The molecule has 1 aliphatic carbocycles. The second-order valence-electron chi connectivity index (χ2n) is 9.24. The van der Waals surface area contributed by atoms with E-state index in [0.717, 1.165) is 53.8 Å².